The van der Waals surface area contributed by atoms with Crippen molar-refractivity contribution in [3.63, 3.8) is 0 Å². The van der Waals surface area contributed by atoms with Crippen molar-refractivity contribution in [3.8, 4) is 17.4 Å². The van der Waals surface area contributed by atoms with Crippen LogP contribution in [-0.2, 0) is 6.54 Å². The van der Waals surface area contributed by atoms with Crippen molar-refractivity contribution in [2.24, 2.45) is 11.0 Å². The summed E-state index contributed by atoms with van der Waals surface area (Å²) >= 11 is 0. The van der Waals surface area contributed by atoms with E-state index in [4.69, 9.17) is 14.8 Å². The smallest absolute Gasteiger partial charge is 0.318 e. The molecule has 5 heterocycles. The number of pyridine rings is 1. The Morgan fingerprint density at radius 2 is 2.06 bits per heavy atom. The number of hydrazone groups is 1. The Labute approximate surface area is 185 Å². The number of fused-ring (bicyclic) bond motifs is 1. The number of likely N-dealkylation sites (tertiary alicyclic amines) is 1. The van der Waals surface area contributed by atoms with Gasteiger partial charge in [-0.15, -0.1) is 0 Å². The van der Waals surface area contributed by atoms with E-state index < -0.39 is 5.82 Å². The van der Waals surface area contributed by atoms with E-state index in [1.807, 2.05) is 24.6 Å². The van der Waals surface area contributed by atoms with E-state index in [-0.39, 0.29) is 5.92 Å². The van der Waals surface area contributed by atoms with E-state index in [0.29, 0.717) is 47.8 Å². The fourth-order valence-electron chi connectivity index (χ4n) is 4.49. The summed E-state index contributed by atoms with van der Waals surface area (Å²) in [5.41, 5.74) is 2.67. The van der Waals surface area contributed by atoms with Crippen molar-refractivity contribution >= 4 is 17.4 Å². The maximum absolute atomic E-state index is 14.0. The molecule has 0 amide bonds. The maximum atomic E-state index is 14.0. The molecular weight excluding hydrogens is 411 g/mol. The fraction of sp³-hybridized carbons (Fsp3) is 0.500. The van der Waals surface area contributed by atoms with Crippen molar-refractivity contribution in [1.82, 2.24) is 34.4 Å². The fourth-order valence-corrected chi connectivity index (χ4v) is 4.49. The molecule has 3 aromatic heterocycles. The topological polar surface area (TPSA) is 84.6 Å². The molecule has 0 N–H and O–H groups in total. The van der Waals surface area contributed by atoms with Crippen LogP contribution in [0.4, 0.5) is 4.39 Å². The van der Waals surface area contributed by atoms with Crippen LogP contribution in [-0.4, -0.2) is 80.0 Å². The third-order valence-electron chi connectivity index (χ3n) is 6.04. The van der Waals surface area contributed by atoms with Gasteiger partial charge < -0.3 is 14.2 Å². The minimum absolute atomic E-state index is 0.185. The van der Waals surface area contributed by atoms with E-state index in [0.717, 1.165) is 31.7 Å². The Kier molecular flexibility index (Phi) is 5.46. The van der Waals surface area contributed by atoms with Gasteiger partial charge in [-0.25, -0.2) is 9.37 Å². The van der Waals surface area contributed by atoms with Crippen LogP contribution < -0.4 is 4.74 Å². The lowest BCUT2D eigenvalue weighted by atomic mass is 10.1. The lowest BCUT2D eigenvalue weighted by Crippen LogP contribution is -2.33. The van der Waals surface area contributed by atoms with Crippen LogP contribution in [0.25, 0.3) is 22.6 Å². The zero-order valence-electron chi connectivity index (χ0n) is 18.6. The monoisotopic (exact) mass is 438 g/mol. The van der Waals surface area contributed by atoms with Gasteiger partial charge in [0.1, 0.15) is 17.2 Å². The van der Waals surface area contributed by atoms with E-state index in [1.54, 1.807) is 6.20 Å². The maximum Gasteiger partial charge on any atom is 0.318 e. The van der Waals surface area contributed by atoms with Crippen LogP contribution in [0.15, 0.2) is 23.6 Å². The van der Waals surface area contributed by atoms with E-state index in [1.165, 1.54) is 12.3 Å². The van der Waals surface area contributed by atoms with Gasteiger partial charge in [0, 0.05) is 43.5 Å². The molecular formula is C22H27FN8O. The molecule has 0 bridgehead atoms. The quantitative estimate of drug-likeness (QED) is 0.584. The molecule has 9 nitrogen and oxygen atoms in total. The first-order valence-corrected chi connectivity index (χ1v) is 11.0. The molecule has 168 valence electrons. The van der Waals surface area contributed by atoms with Crippen LogP contribution in [0.2, 0.25) is 0 Å². The normalized spacial score (nSPS) is 21.2. The highest BCUT2D eigenvalue weighted by Crippen LogP contribution is 2.29. The predicted octanol–water partition coefficient (Wildman–Crippen LogP) is 2.36. The van der Waals surface area contributed by atoms with Crippen molar-refractivity contribution in [1.29, 1.82) is 0 Å². The molecule has 2 unspecified atom stereocenters. The molecule has 1 saturated heterocycles. The van der Waals surface area contributed by atoms with Crippen LogP contribution >= 0.6 is 0 Å². The van der Waals surface area contributed by atoms with Gasteiger partial charge in [-0.2, -0.15) is 15.1 Å². The predicted molar refractivity (Wildman–Crippen MR) is 119 cm³/mol. The number of imidazole rings is 1. The molecule has 0 radical (unpaired) electrons. The number of hydrogen-bond donors (Lipinski definition) is 0. The Hall–Kier alpha value is -3.14. The number of aromatic nitrogens is 5. The molecule has 2 aliphatic rings. The first-order valence-electron chi connectivity index (χ1n) is 11.0. The molecule has 5 rings (SSSR count). The lowest BCUT2D eigenvalue weighted by molar-refractivity contribution is 0.209. The molecule has 0 spiro atoms. The van der Waals surface area contributed by atoms with Gasteiger partial charge in [0.05, 0.1) is 24.5 Å². The Morgan fingerprint density at radius 1 is 1.19 bits per heavy atom. The molecule has 1 fully saturated rings. The number of ether oxygens (including phenoxy) is 1. The lowest BCUT2D eigenvalue weighted by Gasteiger charge is -2.23. The Balaban J connectivity index is 1.51. The Morgan fingerprint density at radius 3 is 2.81 bits per heavy atom. The van der Waals surface area contributed by atoms with E-state index >= 15 is 0 Å². The first-order chi connectivity index (χ1) is 15.5. The van der Waals surface area contributed by atoms with Crippen LogP contribution in [0.1, 0.15) is 19.0 Å². The molecule has 3 aromatic rings. The van der Waals surface area contributed by atoms with Crippen LogP contribution in [0.3, 0.4) is 0 Å². The summed E-state index contributed by atoms with van der Waals surface area (Å²) in [6.45, 7) is 7.83. The third kappa shape index (κ3) is 3.90. The molecule has 2 aliphatic heterocycles. The number of aryl methyl sites for hydroxylation is 1. The third-order valence-corrected chi connectivity index (χ3v) is 6.04. The van der Waals surface area contributed by atoms with Crippen LogP contribution in [0.5, 0.6) is 6.01 Å². The average molecular weight is 439 g/mol. The minimum Gasteiger partial charge on any atom is -0.464 e. The highest BCUT2D eigenvalue weighted by molar-refractivity contribution is 5.79. The van der Waals surface area contributed by atoms with Crippen LogP contribution in [0, 0.1) is 18.7 Å². The molecule has 0 aliphatic carbocycles. The summed E-state index contributed by atoms with van der Waals surface area (Å²) in [4.78, 5) is 20.2. The number of hydrogen-bond acceptors (Lipinski definition) is 8. The number of nitrogens with zero attached hydrogens (tertiary/aromatic N) is 8. The summed E-state index contributed by atoms with van der Waals surface area (Å²) in [6, 6.07) is 2.21. The number of rotatable bonds is 6. The summed E-state index contributed by atoms with van der Waals surface area (Å²) in [7, 11) is 2.15. The van der Waals surface area contributed by atoms with E-state index in [2.05, 4.69) is 31.9 Å². The highest BCUT2D eigenvalue weighted by Gasteiger charge is 2.30. The van der Waals surface area contributed by atoms with Crippen molar-refractivity contribution in [2.45, 2.75) is 32.9 Å². The highest BCUT2D eigenvalue weighted by atomic mass is 19.1. The molecule has 32 heavy (non-hydrogen) atoms. The van der Waals surface area contributed by atoms with Crippen molar-refractivity contribution < 1.29 is 9.13 Å². The molecule has 10 heteroatoms. The van der Waals surface area contributed by atoms with Gasteiger partial charge in [0.25, 0.3) is 0 Å². The zero-order valence-corrected chi connectivity index (χ0v) is 18.6. The second-order valence-electron chi connectivity index (χ2n) is 8.49. The summed E-state index contributed by atoms with van der Waals surface area (Å²) in [6.07, 6.45) is 5.94. The Bertz CT molecular complexity index is 1160. The van der Waals surface area contributed by atoms with Gasteiger partial charge in [0.2, 0.25) is 0 Å². The summed E-state index contributed by atoms with van der Waals surface area (Å²) in [5, 5.41) is 6.89. The van der Waals surface area contributed by atoms with Gasteiger partial charge in [-0.05, 0) is 39.9 Å². The second kappa shape index (κ2) is 8.42. The van der Waals surface area contributed by atoms with Crippen molar-refractivity contribution in [2.75, 3.05) is 33.3 Å². The second-order valence-corrected chi connectivity index (χ2v) is 8.49. The summed E-state index contributed by atoms with van der Waals surface area (Å²) in [5.74, 6) is 0.396. The zero-order chi connectivity index (χ0) is 22.2. The average Bonchev–Trinajstić information content (AvgIpc) is 3.48. The SMILES string of the molecule is CCOc1nc(C)c2nc(-c3cncc(F)c3)n(CC3C=NN(C4CCN(C)C4)C3)c2n1. The van der Waals surface area contributed by atoms with Gasteiger partial charge in [0.15, 0.2) is 5.65 Å². The minimum atomic E-state index is -0.405. The standard InChI is InChI=1S/C22H27FN8O/c1-4-32-22-26-14(2)19-21(28-22)30(20(27-19)16-7-17(23)10-24-9-16)11-15-8-25-31(12-15)18-5-6-29(3)13-18/h7-10,15,18H,4-6,11-13H2,1-3H3. The van der Waals surface area contributed by atoms with E-state index in [9.17, 15) is 4.39 Å². The van der Waals surface area contributed by atoms with Gasteiger partial charge in [-0.3, -0.25) is 9.99 Å². The largest absolute Gasteiger partial charge is 0.464 e. The number of likely N-dealkylation sites (N-methyl/N-ethyl adjacent to an activating group) is 1. The van der Waals surface area contributed by atoms with Crippen molar-refractivity contribution in [3.05, 3.63) is 30.0 Å². The number of halogens is 1. The molecule has 0 saturated carbocycles. The molecule has 0 aromatic carbocycles. The molecule has 2 atom stereocenters. The summed E-state index contributed by atoms with van der Waals surface area (Å²) < 4.78 is 21.6. The van der Waals surface area contributed by atoms with Gasteiger partial charge in [-0.1, -0.05) is 0 Å². The van der Waals surface area contributed by atoms with Gasteiger partial charge >= 0.3 is 6.01 Å². The first kappa shape index (κ1) is 20.7.